The molecule has 3 atom stereocenters. The Morgan fingerprint density at radius 3 is 2.42 bits per heavy atom. The van der Waals surface area contributed by atoms with Crippen LogP contribution in [0.4, 0.5) is 0 Å². The van der Waals surface area contributed by atoms with E-state index in [1.54, 1.807) is 0 Å². The second-order valence-corrected chi connectivity index (χ2v) is 6.91. The molecule has 0 aromatic rings. The fourth-order valence-corrected chi connectivity index (χ4v) is 4.47. The SMILES string of the molecule is CCCC1CCC(C(=O)O)C(CC2CCCCC2)C1. The van der Waals surface area contributed by atoms with Gasteiger partial charge in [-0.3, -0.25) is 4.79 Å². The van der Waals surface area contributed by atoms with E-state index in [-0.39, 0.29) is 5.92 Å². The molecule has 0 radical (unpaired) electrons. The lowest BCUT2D eigenvalue weighted by molar-refractivity contribution is -0.145. The van der Waals surface area contributed by atoms with Crippen LogP contribution in [0.2, 0.25) is 0 Å². The fourth-order valence-electron chi connectivity index (χ4n) is 4.47. The summed E-state index contributed by atoms with van der Waals surface area (Å²) in [5, 5.41) is 9.45. The van der Waals surface area contributed by atoms with Crippen molar-refractivity contribution >= 4 is 5.97 Å². The quantitative estimate of drug-likeness (QED) is 0.770. The Bertz CT molecular complexity index is 281. The molecule has 0 spiro atoms. The molecule has 0 saturated heterocycles. The molecule has 2 rings (SSSR count). The summed E-state index contributed by atoms with van der Waals surface area (Å²) < 4.78 is 0. The van der Waals surface area contributed by atoms with Crippen LogP contribution in [0.15, 0.2) is 0 Å². The molecule has 2 saturated carbocycles. The van der Waals surface area contributed by atoms with Gasteiger partial charge < -0.3 is 5.11 Å². The summed E-state index contributed by atoms with van der Waals surface area (Å²) in [5.74, 6) is 1.51. The number of aliphatic carboxylic acids is 1. The summed E-state index contributed by atoms with van der Waals surface area (Å²) in [6.07, 6.45) is 13.8. The van der Waals surface area contributed by atoms with E-state index in [1.807, 2.05) is 0 Å². The first-order chi connectivity index (χ1) is 9.20. The van der Waals surface area contributed by atoms with Crippen LogP contribution in [-0.2, 0) is 4.79 Å². The van der Waals surface area contributed by atoms with E-state index < -0.39 is 5.97 Å². The van der Waals surface area contributed by atoms with Gasteiger partial charge in [-0.05, 0) is 43.4 Å². The zero-order chi connectivity index (χ0) is 13.7. The largest absolute Gasteiger partial charge is 0.481 e. The van der Waals surface area contributed by atoms with Gasteiger partial charge in [0.2, 0.25) is 0 Å². The molecule has 19 heavy (non-hydrogen) atoms. The number of hydrogen-bond acceptors (Lipinski definition) is 1. The highest BCUT2D eigenvalue weighted by Gasteiger charge is 2.35. The molecule has 2 aliphatic carbocycles. The van der Waals surface area contributed by atoms with Crippen LogP contribution in [0.25, 0.3) is 0 Å². The van der Waals surface area contributed by atoms with Crippen molar-refractivity contribution in [2.24, 2.45) is 23.7 Å². The Hall–Kier alpha value is -0.530. The van der Waals surface area contributed by atoms with Crippen molar-refractivity contribution in [1.82, 2.24) is 0 Å². The molecule has 0 aliphatic heterocycles. The minimum Gasteiger partial charge on any atom is -0.481 e. The molecule has 0 heterocycles. The van der Waals surface area contributed by atoms with Crippen molar-refractivity contribution in [3.05, 3.63) is 0 Å². The number of carbonyl (C=O) groups is 1. The van der Waals surface area contributed by atoms with Gasteiger partial charge in [-0.1, -0.05) is 51.9 Å². The summed E-state index contributed by atoms with van der Waals surface area (Å²) in [6.45, 7) is 2.25. The van der Waals surface area contributed by atoms with E-state index in [4.69, 9.17) is 0 Å². The summed E-state index contributed by atoms with van der Waals surface area (Å²) in [5.41, 5.74) is 0. The molecule has 2 fully saturated rings. The average Bonchev–Trinajstić information content (AvgIpc) is 2.40. The molecule has 0 aromatic carbocycles. The van der Waals surface area contributed by atoms with Crippen molar-refractivity contribution in [2.75, 3.05) is 0 Å². The second-order valence-electron chi connectivity index (χ2n) is 6.91. The molecule has 1 N–H and O–H groups in total. The molecule has 2 aliphatic rings. The van der Waals surface area contributed by atoms with Gasteiger partial charge in [0.25, 0.3) is 0 Å². The Labute approximate surface area is 118 Å². The van der Waals surface area contributed by atoms with Crippen molar-refractivity contribution in [3.63, 3.8) is 0 Å². The number of carboxylic acid groups (broad SMARTS) is 1. The highest BCUT2D eigenvalue weighted by molar-refractivity contribution is 5.70. The lowest BCUT2D eigenvalue weighted by atomic mass is 9.68. The van der Waals surface area contributed by atoms with E-state index in [1.165, 1.54) is 57.8 Å². The maximum absolute atomic E-state index is 11.5. The van der Waals surface area contributed by atoms with Crippen LogP contribution in [0, 0.1) is 23.7 Å². The highest BCUT2D eigenvalue weighted by Crippen LogP contribution is 2.41. The van der Waals surface area contributed by atoms with E-state index in [0.717, 1.165) is 24.7 Å². The molecular weight excluding hydrogens is 236 g/mol. The van der Waals surface area contributed by atoms with Crippen molar-refractivity contribution < 1.29 is 9.90 Å². The van der Waals surface area contributed by atoms with Gasteiger partial charge in [0.1, 0.15) is 0 Å². The Morgan fingerprint density at radius 2 is 1.79 bits per heavy atom. The van der Waals surface area contributed by atoms with Crippen molar-refractivity contribution in [1.29, 1.82) is 0 Å². The first-order valence-electron chi connectivity index (χ1n) is 8.43. The molecule has 0 bridgehead atoms. The lowest BCUT2D eigenvalue weighted by Gasteiger charge is -2.36. The molecule has 110 valence electrons. The molecule has 0 aromatic heterocycles. The molecule has 3 unspecified atom stereocenters. The Morgan fingerprint density at radius 1 is 1.05 bits per heavy atom. The van der Waals surface area contributed by atoms with E-state index in [9.17, 15) is 9.90 Å². The molecular formula is C17H30O2. The topological polar surface area (TPSA) is 37.3 Å². The molecule has 0 amide bonds. The van der Waals surface area contributed by atoms with Gasteiger partial charge in [0.15, 0.2) is 0 Å². The van der Waals surface area contributed by atoms with Crippen molar-refractivity contribution in [3.8, 4) is 0 Å². The minimum absolute atomic E-state index is 0.0463. The number of carboxylic acids is 1. The van der Waals surface area contributed by atoms with Crippen molar-refractivity contribution in [2.45, 2.75) is 77.6 Å². The van der Waals surface area contributed by atoms with E-state index in [0.29, 0.717) is 5.92 Å². The first kappa shape index (κ1) is 14.9. The Kier molecular flexibility index (Phi) is 5.72. The van der Waals surface area contributed by atoms with Crippen LogP contribution in [-0.4, -0.2) is 11.1 Å². The van der Waals surface area contributed by atoms with Gasteiger partial charge in [0, 0.05) is 0 Å². The zero-order valence-electron chi connectivity index (χ0n) is 12.4. The number of hydrogen-bond donors (Lipinski definition) is 1. The second kappa shape index (κ2) is 7.31. The van der Waals surface area contributed by atoms with Crippen LogP contribution in [0.5, 0.6) is 0 Å². The third kappa shape index (κ3) is 4.22. The summed E-state index contributed by atoms with van der Waals surface area (Å²) in [7, 11) is 0. The molecule has 2 heteroatoms. The normalized spacial score (nSPS) is 33.2. The maximum atomic E-state index is 11.5. The fraction of sp³-hybridized carbons (Fsp3) is 0.941. The van der Waals surface area contributed by atoms with E-state index in [2.05, 4.69) is 6.92 Å². The van der Waals surface area contributed by atoms with Crippen LogP contribution >= 0.6 is 0 Å². The molecule has 2 nitrogen and oxygen atoms in total. The van der Waals surface area contributed by atoms with Crippen LogP contribution in [0.3, 0.4) is 0 Å². The van der Waals surface area contributed by atoms with Crippen LogP contribution < -0.4 is 0 Å². The predicted molar refractivity (Wildman–Crippen MR) is 78.1 cm³/mol. The summed E-state index contributed by atoms with van der Waals surface area (Å²) in [6, 6.07) is 0. The summed E-state index contributed by atoms with van der Waals surface area (Å²) >= 11 is 0. The lowest BCUT2D eigenvalue weighted by Crippen LogP contribution is -2.32. The monoisotopic (exact) mass is 266 g/mol. The van der Waals surface area contributed by atoms with Gasteiger partial charge >= 0.3 is 5.97 Å². The average molecular weight is 266 g/mol. The number of rotatable bonds is 5. The van der Waals surface area contributed by atoms with Gasteiger partial charge in [0.05, 0.1) is 5.92 Å². The highest BCUT2D eigenvalue weighted by atomic mass is 16.4. The first-order valence-corrected chi connectivity index (χ1v) is 8.43. The zero-order valence-corrected chi connectivity index (χ0v) is 12.4. The van der Waals surface area contributed by atoms with E-state index >= 15 is 0 Å². The van der Waals surface area contributed by atoms with Crippen LogP contribution in [0.1, 0.15) is 77.6 Å². The van der Waals surface area contributed by atoms with Gasteiger partial charge in [-0.2, -0.15) is 0 Å². The van der Waals surface area contributed by atoms with Gasteiger partial charge in [-0.15, -0.1) is 0 Å². The maximum Gasteiger partial charge on any atom is 0.306 e. The minimum atomic E-state index is -0.532. The Balaban J connectivity index is 1.92. The van der Waals surface area contributed by atoms with Gasteiger partial charge in [-0.25, -0.2) is 0 Å². The third-order valence-corrected chi connectivity index (χ3v) is 5.47. The third-order valence-electron chi connectivity index (χ3n) is 5.47. The standard InChI is InChI=1S/C17H30O2/c1-2-6-13-9-10-16(17(18)19)15(11-13)12-14-7-4-3-5-8-14/h13-16H,2-12H2,1H3,(H,18,19). The predicted octanol–water partition coefficient (Wildman–Crippen LogP) is 4.87. The summed E-state index contributed by atoms with van der Waals surface area (Å²) in [4.78, 5) is 11.5. The smallest absolute Gasteiger partial charge is 0.306 e.